The molecule has 1 atom stereocenters. The Labute approximate surface area is 144 Å². The van der Waals surface area contributed by atoms with Crippen molar-refractivity contribution in [3.05, 3.63) is 35.4 Å². The highest BCUT2D eigenvalue weighted by atomic mass is 16.5. The number of ether oxygens (including phenoxy) is 1. The Hall–Kier alpha value is -2.04. The van der Waals surface area contributed by atoms with Crippen LogP contribution in [0.1, 0.15) is 50.8 Å². The molecule has 2 rings (SSSR count). The van der Waals surface area contributed by atoms with Crippen molar-refractivity contribution in [3.8, 4) is 0 Å². The van der Waals surface area contributed by atoms with E-state index in [0.717, 1.165) is 12.0 Å². The number of benzene rings is 1. The van der Waals surface area contributed by atoms with Gasteiger partial charge in [-0.05, 0) is 44.2 Å². The number of hydrogen-bond donors (Lipinski definition) is 1. The molecule has 1 saturated heterocycles. The second-order valence-electron chi connectivity index (χ2n) is 6.28. The van der Waals surface area contributed by atoms with Gasteiger partial charge in [0.15, 0.2) is 0 Å². The first-order chi connectivity index (χ1) is 11.5. The van der Waals surface area contributed by atoms with Crippen LogP contribution >= 0.6 is 0 Å². The van der Waals surface area contributed by atoms with Crippen molar-refractivity contribution in [3.63, 3.8) is 0 Å². The third-order valence-electron chi connectivity index (χ3n) is 4.63. The fourth-order valence-electron chi connectivity index (χ4n) is 2.98. The maximum atomic E-state index is 12.4. The molecule has 132 valence electrons. The number of carbonyl (C=O) groups is 2. The molecule has 1 unspecified atom stereocenters. The lowest BCUT2D eigenvalue weighted by molar-refractivity contribution is -0.149. The summed E-state index contributed by atoms with van der Waals surface area (Å²) in [5, 5.41) is 3.04. The first-order valence-electron chi connectivity index (χ1n) is 8.86. The van der Waals surface area contributed by atoms with Crippen LogP contribution in [0.4, 0.5) is 4.79 Å². The number of rotatable bonds is 5. The topological polar surface area (TPSA) is 58.6 Å². The summed E-state index contributed by atoms with van der Waals surface area (Å²) in [4.78, 5) is 25.9. The summed E-state index contributed by atoms with van der Waals surface area (Å²) in [7, 11) is 0. The summed E-state index contributed by atoms with van der Waals surface area (Å²) in [5.74, 6) is -0.213. The SMILES string of the molecule is CCOC(=O)C1CCN(C(=O)NC(C)c2ccc(CC)cc2)CC1. The molecule has 5 heteroatoms. The van der Waals surface area contributed by atoms with Gasteiger partial charge in [-0.2, -0.15) is 0 Å². The Bertz CT molecular complexity index is 548. The monoisotopic (exact) mass is 332 g/mol. The molecule has 1 aromatic rings. The summed E-state index contributed by atoms with van der Waals surface area (Å²) in [6, 6.07) is 8.23. The van der Waals surface area contributed by atoms with Crippen molar-refractivity contribution in [1.29, 1.82) is 0 Å². The molecule has 0 saturated carbocycles. The summed E-state index contributed by atoms with van der Waals surface area (Å²) in [6.45, 7) is 7.53. The van der Waals surface area contributed by atoms with Gasteiger partial charge < -0.3 is 15.0 Å². The third-order valence-corrected chi connectivity index (χ3v) is 4.63. The second kappa shape index (κ2) is 8.71. The van der Waals surface area contributed by atoms with Gasteiger partial charge in [-0.15, -0.1) is 0 Å². The van der Waals surface area contributed by atoms with Crippen LogP contribution in [0, 0.1) is 5.92 Å². The standard InChI is InChI=1S/C19H28N2O3/c1-4-15-6-8-16(9-7-15)14(3)20-19(23)21-12-10-17(11-13-21)18(22)24-5-2/h6-9,14,17H,4-5,10-13H2,1-3H3,(H,20,23). The maximum Gasteiger partial charge on any atom is 0.317 e. The highest BCUT2D eigenvalue weighted by Crippen LogP contribution is 2.20. The van der Waals surface area contributed by atoms with Crippen LogP contribution in [-0.2, 0) is 16.0 Å². The van der Waals surface area contributed by atoms with Gasteiger partial charge in [0, 0.05) is 13.1 Å². The van der Waals surface area contributed by atoms with Gasteiger partial charge in [0.2, 0.25) is 0 Å². The van der Waals surface area contributed by atoms with E-state index >= 15 is 0 Å². The smallest absolute Gasteiger partial charge is 0.317 e. The summed E-state index contributed by atoms with van der Waals surface area (Å²) < 4.78 is 5.06. The molecular weight excluding hydrogens is 304 g/mol. The Morgan fingerprint density at radius 2 is 1.83 bits per heavy atom. The minimum absolute atomic E-state index is 0.0359. The van der Waals surface area contributed by atoms with Crippen LogP contribution in [0.2, 0.25) is 0 Å². The van der Waals surface area contributed by atoms with Gasteiger partial charge in [-0.1, -0.05) is 31.2 Å². The molecule has 1 N–H and O–H groups in total. The van der Waals surface area contributed by atoms with E-state index < -0.39 is 0 Å². The number of piperidine rings is 1. The minimum Gasteiger partial charge on any atom is -0.466 e. The number of amides is 2. The lowest BCUT2D eigenvalue weighted by atomic mass is 9.97. The van der Waals surface area contributed by atoms with Gasteiger partial charge in [-0.25, -0.2) is 4.79 Å². The second-order valence-corrected chi connectivity index (χ2v) is 6.28. The van der Waals surface area contributed by atoms with Crippen LogP contribution in [0.3, 0.4) is 0 Å². The van der Waals surface area contributed by atoms with Crippen molar-refractivity contribution >= 4 is 12.0 Å². The summed E-state index contributed by atoms with van der Waals surface area (Å²) in [5.41, 5.74) is 2.39. The molecule has 1 heterocycles. The molecule has 0 spiro atoms. The summed E-state index contributed by atoms with van der Waals surface area (Å²) >= 11 is 0. The van der Waals surface area contributed by atoms with Crippen LogP contribution in [0.25, 0.3) is 0 Å². The van der Waals surface area contributed by atoms with E-state index in [1.54, 1.807) is 4.90 Å². The van der Waals surface area contributed by atoms with E-state index in [9.17, 15) is 9.59 Å². The predicted octanol–water partition coefficient (Wildman–Crippen LogP) is 3.29. The fourth-order valence-corrected chi connectivity index (χ4v) is 2.98. The molecule has 5 nitrogen and oxygen atoms in total. The molecule has 1 aromatic carbocycles. The van der Waals surface area contributed by atoms with Crippen molar-refractivity contribution in [2.45, 2.75) is 46.1 Å². The average Bonchev–Trinajstić information content (AvgIpc) is 2.62. The van der Waals surface area contributed by atoms with Crippen molar-refractivity contribution < 1.29 is 14.3 Å². The van der Waals surface area contributed by atoms with Crippen molar-refractivity contribution in [2.24, 2.45) is 5.92 Å². The lowest BCUT2D eigenvalue weighted by Gasteiger charge is -2.32. The van der Waals surface area contributed by atoms with E-state index in [1.165, 1.54) is 5.56 Å². The molecular formula is C19H28N2O3. The Morgan fingerprint density at radius 1 is 1.21 bits per heavy atom. The first kappa shape index (κ1) is 18.3. The highest BCUT2D eigenvalue weighted by Gasteiger charge is 2.28. The highest BCUT2D eigenvalue weighted by molar-refractivity contribution is 5.76. The molecule has 0 radical (unpaired) electrons. The van der Waals surface area contributed by atoms with Gasteiger partial charge in [-0.3, -0.25) is 4.79 Å². The molecule has 0 aliphatic carbocycles. The van der Waals surface area contributed by atoms with Crippen LogP contribution in [-0.4, -0.2) is 36.6 Å². The van der Waals surface area contributed by atoms with Gasteiger partial charge in [0.25, 0.3) is 0 Å². The zero-order valence-corrected chi connectivity index (χ0v) is 14.9. The Balaban J connectivity index is 1.83. The molecule has 1 fully saturated rings. The molecule has 24 heavy (non-hydrogen) atoms. The maximum absolute atomic E-state index is 12.4. The number of hydrogen-bond acceptors (Lipinski definition) is 3. The number of carbonyl (C=O) groups excluding carboxylic acids is 2. The molecule has 1 aliphatic rings. The van der Waals surface area contributed by atoms with E-state index in [-0.39, 0.29) is 24.0 Å². The number of likely N-dealkylation sites (tertiary alicyclic amines) is 1. The Kier molecular flexibility index (Phi) is 6.64. The normalized spacial score (nSPS) is 16.5. The molecule has 2 amide bonds. The zero-order valence-electron chi connectivity index (χ0n) is 14.9. The van der Waals surface area contributed by atoms with Crippen LogP contribution in [0.5, 0.6) is 0 Å². The third kappa shape index (κ3) is 4.73. The van der Waals surface area contributed by atoms with E-state index in [4.69, 9.17) is 4.74 Å². The van der Waals surface area contributed by atoms with E-state index in [2.05, 4.69) is 36.5 Å². The summed E-state index contributed by atoms with van der Waals surface area (Å²) in [6.07, 6.45) is 2.36. The van der Waals surface area contributed by atoms with Gasteiger partial charge in [0.1, 0.15) is 0 Å². The number of nitrogens with one attached hydrogen (secondary N) is 1. The average molecular weight is 332 g/mol. The number of esters is 1. The Morgan fingerprint density at radius 3 is 2.38 bits per heavy atom. The first-order valence-corrected chi connectivity index (χ1v) is 8.86. The van der Waals surface area contributed by atoms with Crippen LogP contribution < -0.4 is 5.32 Å². The van der Waals surface area contributed by atoms with Gasteiger partial charge in [0.05, 0.1) is 18.6 Å². The molecule has 1 aliphatic heterocycles. The van der Waals surface area contributed by atoms with E-state index in [1.807, 2.05) is 13.8 Å². The quantitative estimate of drug-likeness (QED) is 0.842. The van der Waals surface area contributed by atoms with Crippen LogP contribution in [0.15, 0.2) is 24.3 Å². The predicted molar refractivity (Wildman–Crippen MR) is 93.7 cm³/mol. The fraction of sp³-hybridized carbons (Fsp3) is 0.579. The number of aryl methyl sites for hydroxylation is 1. The van der Waals surface area contributed by atoms with Crippen molar-refractivity contribution in [2.75, 3.05) is 19.7 Å². The van der Waals surface area contributed by atoms with Gasteiger partial charge >= 0.3 is 12.0 Å². The number of urea groups is 1. The van der Waals surface area contributed by atoms with E-state index in [0.29, 0.717) is 32.5 Å². The largest absolute Gasteiger partial charge is 0.466 e. The minimum atomic E-state index is -0.137. The lowest BCUT2D eigenvalue weighted by Crippen LogP contribution is -2.46. The molecule has 0 aromatic heterocycles. The van der Waals surface area contributed by atoms with Crippen molar-refractivity contribution in [1.82, 2.24) is 10.2 Å². The molecule has 0 bridgehead atoms. The number of nitrogens with zero attached hydrogens (tertiary/aromatic N) is 1. The zero-order chi connectivity index (χ0) is 17.5.